The molecule has 1 aromatic heterocycles. The highest BCUT2D eigenvalue weighted by molar-refractivity contribution is 6.45. The summed E-state index contributed by atoms with van der Waals surface area (Å²) in [6.45, 7) is 3.68. The molecule has 1 heterocycles. The van der Waals surface area contributed by atoms with Crippen LogP contribution in [-0.4, -0.2) is 28.8 Å². The topological polar surface area (TPSA) is 77.6 Å². The van der Waals surface area contributed by atoms with Gasteiger partial charge >= 0.3 is 0 Å². The third kappa shape index (κ3) is 2.90. The van der Waals surface area contributed by atoms with Crippen molar-refractivity contribution < 1.29 is 14.0 Å². The highest BCUT2D eigenvalue weighted by Gasteiger charge is 2.24. The van der Waals surface area contributed by atoms with E-state index in [1.165, 1.54) is 7.11 Å². The van der Waals surface area contributed by atoms with Crippen LogP contribution in [0.1, 0.15) is 24.5 Å². The number of ketones is 1. The molecule has 104 valence electrons. The Bertz CT molecular complexity index is 618. The van der Waals surface area contributed by atoms with Crippen molar-refractivity contribution in [1.82, 2.24) is 10.2 Å². The molecule has 0 N–H and O–H groups in total. The Labute approximate surface area is 116 Å². The monoisotopic (exact) mass is 273 g/mol. The van der Waals surface area contributed by atoms with Crippen molar-refractivity contribution in [1.29, 1.82) is 0 Å². The quantitative estimate of drug-likeness (QED) is 0.475. The number of nitrogens with zero attached hydrogens (tertiary/aromatic N) is 3. The number of hydrogen-bond acceptors (Lipinski definition) is 6. The zero-order chi connectivity index (χ0) is 14.5. The molecule has 2 rings (SSSR count). The summed E-state index contributed by atoms with van der Waals surface area (Å²) in [6.07, 6.45) is 0. The summed E-state index contributed by atoms with van der Waals surface area (Å²) in [7, 11) is 1.39. The van der Waals surface area contributed by atoms with Crippen LogP contribution in [0.4, 0.5) is 0 Å². The number of rotatable bonds is 5. The molecule has 0 aliphatic heterocycles. The lowest BCUT2D eigenvalue weighted by molar-refractivity contribution is 0.102. The van der Waals surface area contributed by atoms with E-state index in [9.17, 15) is 4.79 Å². The van der Waals surface area contributed by atoms with E-state index in [1.807, 2.05) is 44.2 Å². The highest BCUT2D eigenvalue weighted by Crippen LogP contribution is 2.18. The summed E-state index contributed by atoms with van der Waals surface area (Å²) in [4.78, 5) is 16.9. The Morgan fingerprint density at radius 2 is 1.95 bits per heavy atom. The highest BCUT2D eigenvalue weighted by atomic mass is 16.6. The molecular formula is C14H15N3O3. The summed E-state index contributed by atoms with van der Waals surface area (Å²) in [6, 6.07) is 9.25. The molecule has 6 heteroatoms. The summed E-state index contributed by atoms with van der Waals surface area (Å²) in [5, 5.41) is 11.4. The molecule has 20 heavy (non-hydrogen) atoms. The predicted molar refractivity (Wildman–Crippen MR) is 73.3 cm³/mol. The molecule has 0 fully saturated rings. The average molecular weight is 273 g/mol. The predicted octanol–water partition coefficient (Wildman–Crippen LogP) is 2.58. The van der Waals surface area contributed by atoms with E-state index >= 15 is 0 Å². The zero-order valence-corrected chi connectivity index (χ0v) is 11.5. The molecule has 0 amide bonds. The van der Waals surface area contributed by atoms with Crippen molar-refractivity contribution in [2.75, 3.05) is 7.11 Å². The van der Waals surface area contributed by atoms with Crippen LogP contribution in [0.3, 0.4) is 0 Å². The third-order valence-corrected chi connectivity index (χ3v) is 2.61. The van der Waals surface area contributed by atoms with Crippen molar-refractivity contribution in [2.24, 2.45) is 11.1 Å². The fourth-order valence-electron chi connectivity index (χ4n) is 1.63. The summed E-state index contributed by atoms with van der Waals surface area (Å²) in [5.41, 5.74) is 1.00. The Morgan fingerprint density at radius 3 is 2.55 bits per heavy atom. The van der Waals surface area contributed by atoms with Gasteiger partial charge in [0.15, 0.2) is 0 Å². The minimum Gasteiger partial charge on any atom is -0.413 e. The number of Topliss-reactive ketones (excluding diaryl/α,β-unsaturated/α-hetero) is 1. The van der Waals surface area contributed by atoms with Gasteiger partial charge in [-0.25, -0.2) is 0 Å². The number of carbonyl (C=O) groups is 1. The largest absolute Gasteiger partial charge is 0.413 e. The van der Waals surface area contributed by atoms with E-state index < -0.39 is 5.78 Å². The van der Waals surface area contributed by atoms with Crippen molar-refractivity contribution in [3.05, 3.63) is 36.2 Å². The summed E-state index contributed by atoms with van der Waals surface area (Å²) >= 11 is 0. The van der Waals surface area contributed by atoms with Crippen LogP contribution in [0, 0.1) is 5.92 Å². The van der Waals surface area contributed by atoms with Crippen molar-refractivity contribution in [2.45, 2.75) is 13.8 Å². The molecule has 1 aromatic carbocycles. The van der Waals surface area contributed by atoms with Gasteiger partial charge in [-0.2, -0.15) is 0 Å². The van der Waals surface area contributed by atoms with Gasteiger partial charge in [0.1, 0.15) is 12.8 Å². The number of hydrogen-bond donors (Lipinski definition) is 0. The zero-order valence-electron chi connectivity index (χ0n) is 11.5. The van der Waals surface area contributed by atoms with Gasteiger partial charge in [0.25, 0.3) is 11.7 Å². The van der Waals surface area contributed by atoms with Crippen LogP contribution >= 0.6 is 0 Å². The maximum atomic E-state index is 12.2. The van der Waals surface area contributed by atoms with E-state index in [2.05, 4.69) is 20.2 Å². The Hall–Kier alpha value is -2.50. The summed E-state index contributed by atoms with van der Waals surface area (Å²) in [5.74, 6) is -0.311. The van der Waals surface area contributed by atoms with Crippen LogP contribution in [0.5, 0.6) is 0 Å². The molecule has 0 atom stereocenters. The van der Waals surface area contributed by atoms with Gasteiger partial charge < -0.3 is 9.25 Å². The average Bonchev–Trinajstić information content (AvgIpc) is 2.94. The van der Waals surface area contributed by atoms with E-state index in [1.54, 1.807) is 0 Å². The van der Waals surface area contributed by atoms with Crippen LogP contribution in [0.25, 0.3) is 11.5 Å². The summed E-state index contributed by atoms with van der Waals surface area (Å²) < 4.78 is 5.40. The molecule has 0 radical (unpaired) electrons. The van der Waals surface area contributed by atoms with Gasteiger partial charge in [0, 0.05) is 11.5 Å². The van der Waals surface area contributed by atoms with Crippen LogP contribution in [0.15, 0.2) is 39.9 Å². The number of aromatic nitrogens is 2. The van der Waals surface area contributed by atoms with Crippen LogP contribution < -0.4 is 0 Å². The van der Waals surface area contributed by atoms with Gasteiger partial charge in [0.05, 0.1) is 0 Å². The van der Waals surface area contributed by atoms with E-state index in [0.717, 1.165) is 5.56 Å². The van der Waals surface area contributed by atoms with Crippen LogP contribution in [0.2, 0.25) is 0 Å². The molecule has 6 nitrogen and oxygen atoms in total. The van der Waals surface area contributed by atoms with Gasteiger partial charge in [-0.3, -0.25) is 4.79 Å². The lowest BCUT2D eigenvalue weighted by Gasteiger charge is -2.04. The first kappa shape index (κ1) is 13.9. The van der Waals surface area contributed by atoms with Crippen LogP contribution in [-0.2, 0) is 4.84 Å². The molecule has 2 aromatic rings. The Morgan fingerprint density at radius 1 is 1.25 bits per heavy atom. The molecule has 0 saturated heterocycles. The van der Waals surface area contributed by atoms with Crippen molar-refractivity contribution >= 4 is 11.5 Å². The fourth-order valence-corrected chi connectivity index (χ4v) is 1.63. The maximum Gasteiger partial charge on any atom is 0.290 e. The molecular weight excluding hydrogens is 258 g/mol. The normalized spacial score (nSPS) is 11.7. The molecule has 0 saturated carbocycles. The number of benzene rings is 1. The standard InChI is InChI=1S/C14H15N3O3/c1-9(2)11(17-19-3)12(18)14-16-15-13(20-14)10-7-5-4-6-8-10/h4-9H,1-3H3/b17-11-. The van der Waals surface area contributed by atoms with Crippen molar-refractivity contribution in [3.8, 4) is 11.5 Å². The molecule has 0 spiro atoms. The Balaban J connectivity index is 2.29. The SMILES string of the molecule is CO/N=C(\C(=O)c1nnc(-c2ccccc2)o1)C(C)C. The second-order valence-electron chi connectivity index (χ2n) is 4.42. The molecule has 0 bridgehead atoms. The lowest BCUT2D eigenvalue weighted by atomic mass is 10.0. The van der Waals surface area contributed by atoms with E-state index in [0.29, 0.717) is 5.89 Å². The second kappa shape index (κ2) is 6.10. The van der Waals surface area contributed by atoms with Gasteiger partial charge in [0.2, 0.25) is 5.89 Å². The first-order valence-corrected chi connectivity index (χ1v) is 6.18. The lowest BCUT2D eigenvalue weighted by Crippen LogP contribution is -2.21. The molecule has 0 aliphatic rings. The minimum atomic E-state index is -0.420. The second-order valence-corrected chi connectivity index (χ2v) is 4.42. The van der Waals surface area contributed by atoms with E-state index in [4.69, 9.17) is 4.42 Å². The smallest absolute Gasteiger partial charge is 0.290 e. The molecule has 0 aliphatic carbocycles. The van der Waals surface area contributed by atoms with Gasteiger partial charge in [-0.15, -0.1) is 10.2 Å². The van der Waals surface area contributed by atoms with Gasteiger partial charge in [-0.1, -0.05) is 37.2 Å². The van der Waals surface area contributed by atoms with Crippen molar-refractivity contribution in [3.63, 3.8) is 0 Å². The van der Waals surface area contributed by atoms with E-state index in [-0.39, 0.29) is 17.5 Å². The number of oxime groups is 1. The number of carbonyl (C=O) groups excluding carboxylic acids is 1. The third-order valence-electron chi connectivity index (χ3n) is 2.61. The fraction of sp³-hybridized carbons (Fsp3) is 0.286. The maximum absolute atomic E-state index is 12.2. The molecule has 0 unspecified atom stereocenters. The van der Waals surface area contributed by atoms with Gasteiger partial charge in [-0.05, 0) is 12.1 Å². The first-order chi connectivity index (χ1) is 9.63. The minimum absolute atomic E-state index is 0.0895. The first-order valence-electron chi connectivity index (χ1n) is 6.18. The Kier molecular flexibility index (Phi) is 4.24.